The van der Waals surface area contributed by atoms with Crippen LogP contribution in [0, 0.1) is 0 Å². The minimum atomic E-state index is -3.10. The molecule has 1 amide bonds. The van der Waals surface area contributed by atoms with Crippen molar-refractivity contribution in [3.8, 4) is 0 Å². The summed E-state index contributed by atoms with van der Waals surface area (Å²) in [5.41, 5.74) is 2.89. The van der Waals surface area contributed by atoms with Crippen molar-refractivity contribution in [2.45, 2.75) is 44.2 Å². The smallest absolute Gasteiger partial charge is 0.338 e. The molecule has 2 heterocycles. The number of ether oxygens (including phenoxy) is 1. The first-order valence-electron chi connectivity index (χ1n) is 9.45. The van der Waals surface area contributed by atoms with Crippen LogP contribution >= 0.6 is 11.3 Å². The van der Waals surface area contributed by atoms with Crippen molar-refractivity contribution >= 4 is 43.3 Å². The van der Waals surface area contributed by atoms with E-state index in [-0.39, 0.29) is 36.1 Å². The van der Waals surface area contributed by atoms with Gasteiger partial charge in [0.25, 0.3) is 5.91 Å². The lowest BCUT2D eigenvalue weighted by Crippen LogP contribution is -2.48. The van der Waals surface area contributed by atoms with Gasteiger partial charge in [-0.3, -0.25) is 4.79 Å². The highest BCUT2D eigenvalue weighted by atomic mass is 32.2. The third-order valence-electron chi connectivity index (χ3n) is 5.50. The molecular weight excluding hydrogens is 400 g/mol. The van der Waals surface area contributed by atoms with Gasteiger partial charge in [0.05, 0.1) is 32.8 Å². The monoisotopic (exact) mass is 422 g/mol. The molecular formula is C19H22N2O5S2. The van der Waals surface area contributed by atoms with Crippen molar-refractivity contribution in [2.24, 2.45) is 0 Å². The lowest BCUT2D eigenvalue weighted by Gasteiger charge is -2.33. The van der Waals surface area contributed by atoms with Crippen LogP contribution in [-0.4, -0.2) is 60.4 Å². The SMILES string of the molecule is O=C(OCC(=O)N(C1CCCC1)C1CCS(=O)(=O)C1)c1ccc2ncsc2c1. The summed E-state index contributed by atoms with van der Waals surface area (Å²) in [6, 6.07) is 4.81. The molecule has 28 heavy (non-hydrogen) atoms. The number of sulfone groups is 1. The summed E-state index contributed by atoms with van der Waals surface area (Å²) in [4.78, 5) is 31.1. The first kappa shape index (κ1) is 19.3. The lowest BCUT2D eigenvalue weighted by atomic mass is 10.1. The molecule has 2 fully saturated rings. The summed E-state index contributed by atoms with van der Waals surface area (Å²) in [6.45, 7) is -0.368. The molecule has 1 aromatic carbocycles. The van der Waals surface area contributed by atoms with E-state index in [2.05, 4.69) is 4.98 Å². The highest BCUT2D eigenvalue weighted by Gasteiger charge is 2.39. The molecule has 1 aliphatic heterocycles. The van der Waals surface area contributed by atoms with Gasteiger partial charge >= 0.3 is 5.97 Å². The standard InChI is InChI=1S/C19H22N2O5S2/c22-18(10-26-19(23)13-5-6-16-17(9-13)27-12-20-16)21(14-3-1-2-4-14)15-7-8-28(24,25)11-15/h5-6,9,12,14-15H,1-4,7-8,10-11H2. The zero-order chi connectivity index (χ0) is 19.7. The van der Waals surface area contributed by atoms with Gasteiger partial charge in [0.2, 0.25) is 0 Å². The number of fused-ring (bicyclic) bond motifs is 1. The van der Waals surface area contributed by atoms with E-state index in [0.29, 0.717) is 12.0 Å². The van der Waals surface area contributed by atoms with Gasteiger partial charge in [0, 0.05) is 12.1 Å². The summed E-state index contributed by atoms with van der Waals surface area (Å²) in [5, 5.41) is 0. The molecule has 0 radical (unpaired) electrons. The van der Waals surface area contributed by atoms with Gasteiger partial charge < -0.3 is 9.64 Å². The fourth-order valence-electron chi connectivity index (χ4n) is 4.15. The lowest BCUT2D eigenvalue weighted by molar-refractivity contribution is -0.139. The Labute approximate surface area is 167 Å². The predicted octanol–water partition coefficient (Wildman–Crippen LogP) is 2.41. The summed E-state index contributed by atoms with van der Waals surface area (Å²) >= 11 is 1.43. The Balaban J connectivity index is 1.44. The molecule has 1 aliphatic carbocycles. The molecule has 1 saturated heterocycles. The van der Waals surface area contributed by atoms with Gasteiger partial charge in [-0.1, -0.05) is 12.8 Å². The Morgan fingerprint density at radius 3 is 2.68 bits per heavy atom. The Kier molecular flexibility index (Phi) is 5.37. The molecule has 0 N–H and O–H groups in total. The second-order valence-corrected chi connectivity index (χ2v) is 10.5. The van der Waals surface area contributed by atoms with Crippen molar-refractivity contribution in [3.05, 3.63) is 29.3 Å². The normalized spacial score (nSPS) is 21.8. The molecule has 150 valence electrons. The average molecular weight is 423 g/mol. The van der Waals surface area contributed by atoms with Gasteiger partial charge in [-0.15, -0.1) is 11.3 Å². The van der Waals surface area contributed by atoms with Crippen molar-refractivity contribution in [2.75, 3.05) is 18.1 Å². The summed E-state index contributed by atoms with van der Waals surface area (Å²) in [6.07, 6.45) is 4.27. The van der Waals surface area contributed by atoms with Gasteiger partial charge in [0.15, 0.2) is 16.4 Å². The average Bonchev–Trinajstić information content (AvgIpc) is 3.40. The van der Waals surface area contributed by atoms with E-state index in [0.717, 1.165) is 35.9 Å². The highest BCUT2D eigenvalue weighted by Crippen LogP contribution is 2.29. The van der Waals surface area contributed by atoms with Gasteiger partial charge in [0.1, 0.15) is 0 Å². The Morgan fingerprint density at radius 2 is 1.96 bits per heavy atom. The van der Waals surface area contributed by atoms with E-state index in [4.69, 9.17) is 4.74 Å². The molecule has 1 atom stereocenters. The summed E-state index contributed by atoms with van der Waals surface area (Å²) in [5.74, 6) is -0.746. The Bertz CT molecular complexity index is 995. The molecule has 9 heteroatoms. The van der Waals surface area contributed by atoms with Crippen LogP contribution in [0.2, 0.25) is 0 Å². The molecule has 2 aromatic rings. The number of hydrogen-bond acceptors (Lipinski definition) is 7. The fourth-order valence-corrected chi connectivity index (χ4v) is 6.58. The Morgan fingerprint density at radius 1 is 1.18 bits per heavy atom. The quantitative estimate of drug-likeness (QED) is 0.687. The number of carbonyl (C=O) groups is 2. The van der Waals surface area contributed by atoms with E-state index >= 15 is 0 Å². The molecule has 0 bridgehead atoms. The number of esters is 1. The second-order valence-electron chi connectivity index (χ2n) is 7.41. The van der Waals surface area contributed by atoms with Crippen molar-refractivity contribution in [1.82, 2.24) is 9.88 Å². The van der Waals surface area contributed by atoms with Crippen LogP contribution in [0.3, 0.4) is 0 Å². The molecule has 1 aromatic heterocycles. The molecule has 1 saturated carbocycles. The molecule has 7 nitrogen and oxygen atoms in total. The maximum atomic E-state index is 12.9. The van der Waals surface area contributed by atoms with E-state index in [1.54, 1.807) is 28.6 Å². The maximum Gasteiger partial charge on any atom is 0.338 e. The predicted molar refractivity (Wildman–Crippen MR) is 106 cm³/mol. The second kappa shape index (κ2) is 7.79. The van der Waals surface area contributed by atoms with E-state index in [9.17, 15) is 18.0 Å². The summed E-state index contributed by atoms with van der Waals surface area (Å²) < 4.78 is 29.9. The van der Waals surface area contributed by atoms with Crippen molar-refractivity contribution < 1.29 is 22.7 Å². The molecule has 0 spiro atoms. The van der Waals surface area contributed by atoms with Crippen LogP contribution in [-0.2, 0) is 19.4 Å². The number of nitrogens with zero attached hydrogens (tertiary/aromatic N) is 2. The van der Waals surface area contributed by atoms with Crippen LogP contribution in [0.5, 0.6) is 0 Å². The van der Waals surface area contributed by atoms with Crippen LogP contribution < -0.4 is 0 Å². The van der Waals surface area contributed by atoms with Gasteiger partial charge in [-0.25, -0.2) is 18.2 Å². The zero-order valence-electron chi connectivity index (χ0n) is 15.4. The van der Waals surface area contributed by atoms with Crippen LogP contribution in [0.15, 0.2) is 23.7 Å². The van der Waals surface area contributed by atoms with Crippen molar-refractivity contribution in [3.63, 3.8) is 0 Å². The molecule has 1 unspecified atom stereocenters. The third kappa shape index (κ3) is 4.05. The Hall–Kier alpha value is -2.00. The minimum Gasteiger partial charge on any atom is -0.452 e. The van der Waals surface area contributed by atoms with E-state index in [1.807, 2.05) is 0 Å². The van der Waals surface area contributed by atoms with Gasteiger partial charge in [-0.05, 0) is 37.5 Å². The van der Waals surface area contributed by atoms with Crippen LogP contribution in [0.4, 0.5) is 0 Å². The van der Waals surface area contributed by atoms with Crippen molar-refractivity contribution in [1.29, 1.82) is 0 Å². The number of benzene rings is 1. The minimum absolute atomic E-state index is 0.00519. The first-order chi connectivity index (χ1) is 13.4. The zero-order valence-corrected chi connectivity index (χ0v) is 17.0. The summed E-state index contributed by atoms with van der Waals surface area (Å²) in [7, 11) is -3.10. The molecule has 2 aliphatic rings. The van der Waals surface area contributed by atoms with E-state index in [1.165, 1.54) is 11.3 Å². The number of carbonyl (C=O) groups excluding carboxylic acids is 2. The number of amides is 1. The maximum absolute atomic E-state index is 12.9. The largest absolute Gasteiger partial charge is 0.452 e. The topological polar surface area (TPSA) is 93.6 Å². The molecule has 4 rings (SSSR count). The number of thiazole rings is 1. The van der Waals surface area contributed by atoms with Crippen LogP contribution in [0.25, 0.3) is 10.2 Å². The third-order valence-corrected chi connectivity index (χ3v) is 8.04. The highest BCUT2D eigenvalue weighted by molar-refractivity contribution is 7.91. The number of hydrogen-bond donors (Lipinski definition) is 0. The fraction of sp³-hybridized carbons (Fsp3) is 0.526. The first-order valence-corrected chi connectivity index (χ1v) is 12.1. The number of rotatable bonds is 5. The number of aromatic nitrogens is 1. The van der Waals surface area contributed by atoms with E-state index < -0.39 is 15.8 Å². The van der Waals surface area contributed by atoms with Crippen LogP contribution in [0.1, 0.15) is 42.5 Å². The van der Waals surface area contributed by atoms with Gasteiger partial charge in [-0.2, -0.15) is 0 Å².